The van der Waals surface area contributed by atoms with Crippen LogP contribution < -0.4 is 10.9 Å². The number of para-hydroxylation sites is 2. The Labute approximate surface area is 162 Å². The quantitative estimate of drug-likeness (QED) is 0.712. The molecule has 0 spiro atoms. The maximum Gasteiger partial charge on any atom is 0.263 e. The highest BCUT2D eigenvalue weighted by Gasteiger charge is 2.22. The van der Waals surface area contributed by atoms with Gasteiger partial charge in [-0.05, 0) is 50.5 Å². The van der Waals surface area contributed by atoms with Gasteiger partial charge in [0, 0.05) is 12.3 Å². The monoisotopic (exact) mass is 380 g/mol. The molecule has 1 aliphatic rings. The van der Waals surface area contributed by atoms with Crippen molar-refractivity contribution in [1.82, 2.24) is 19.9 Å². The second-order valence-electron chi connectivity index (χ2n) is 7.28. The molecule has 0 bridgehead atoms. The lowest BCUT2D eigenvalue weighted by Gasteiger charge is -2.17. The van der Waals surface area contributed by atoms with Gasteiger partial charge < -0.3 is 19.6 Å². The molecule has 3 heterocycles. The van der Waals surface area contributed by atoms with E-state index in [-0.39, 0.29) is 29.7 Å². The van der Waals surface area contributed by atoms with Crippen molar-refractivity contribution in [2.24, 2.45) is 0 Å². The average molecular weight is 380 g/mol. The van der Waals surface area contributed by atoms with Crippen molar-refractivity contribution in [3.05, 3.63) is 63.3 Å². The summed E-state index contributed by atoms with van der Waals surface area (Å²) in [5.74, 6) is 0.267. The SMILES string of the molecule is Cc1cc(C)n(CC2CCCO2)c(=O)c1C(=O)NCc1nc2ccccc2[nH]1. The topological polar surface area (TPSA) is 89.0 Å². The zero-order chi connectivity index (χ0) is 19.7. The third kappa shape index (κ3) is 3.57. The predicted octanol–water partition coefficient (Wildman–Crippen LogP) is 2.45. The number of hydrogen-bond acceptors (Lipinski definition) is 4. The number of aromatic amines is 1. The van der Waals surface area contributed by atoms with E-state index in [0.29, 0.717) is 17.9 Å². The molecular formula is C21H24N4O3. The molecule has 0 aliphatic carbocycles. The summed E-state index contributed by atoms with van der Waals surface area (Å²) in [4.78, 5) is 33.4. The molecule has 1 unspecified atom stereocenters. The number of nitrogens with one attached hydrogen (secondary N) is 2. The number of carbonyl (C=O) groups is 1. The molecule has 28 heavy (non-hydrogen) atoms. The van der Waals surface area contributed by atoms with Crippen molar-refractivity contribution < 1.29 is 9.53 Å². The molecule has 1 amide bonds. The van der Waals surface area contributed by atoms with E-state index in [0.717, 1.165) is 36.2 Å². The number of benzene rings is 1. The largest absolute Gasteiger partial charge is 0.376 e. The number of aryl methyl sites for hydroxylation is 2. The van der Waals surface area contributed by atoms with Gasteiger partial charge in [0.1, 0.15) is 11.4 Å². The van der Waals surface area contributed by atoms with Gasteiger partial charge in [0.15, 0.2) is 0 Å². The number of H-pyrrole nitrogens is 1. The average Bonchev–Trinajstić information content (AvgIpc) is 3.32. The van der Waals surface area contributed by atoms with E-state index >= 15 is 0 Å². The normalized spacial score (nSPS) is 16.6. The molecule has 1 aliphatic heterocycles. The molecule has 146 valence electrons. The summed E-state index contributed by atoms with van der Waals surface area (Å²) in [6, 6.07) is 9.56. The van der Waals surface area contributed by atoms with E-state index in [4.69, 9.17) is 4.74 Å². The van der Waals surface area contributed by atoms with E-state index in [2.05, 4.69) is 15.3 Å². The van der Waals surface area contributed by atoms with E-state index in [1.54, 1.807) is 11.5 Å². The Hall–Kier alpha value is -2.93. The lowest BCUT2D eigenvalue weighted by Crippen LogP contribution is -2.36. The Bertz CT molecular complexity index is 1040. The summed E-state index contributed by atoms with van der Waals surface area (Å²) < 4.78 is 7.31. The minimum atomic E-state index is -0.385. The molecular weight excluding hydrogens is 356 g/mol. The highest BCUT2D eigenvalue weighted by atomic mass is 16.5. The Balaban J connectivity index is 1.55. The zero-order valence-electron chi connectivity index (χ0n) is 16.1. The number of amides is 1. The van der Waals surface area contributed by atoms with Crippen molar-refractivity contribution >= 4 is 16.9 Å². The van der Waals surface area contributed by atoms with Crippen molar-refractivity contribution in [3.8, 4) is 0 Å². The number of pyridine rings is 1. The third-order valence-electron chi connectivity index (χ3n) is 5.20. The van der Waals surface area contributed by atoms with Crippen molar-refractivity contribution in [2.45, 2.75) is 45.9 Å². The first-order valence-electron chi connectivity index (χ1n) is 9.57. The number of fused-ring (bicyclic) bond motifs is 1. The second kappa shape index (κ2) is 7.59. The van der Waals surface area contributed by atoms with Crippen LogP contribution in [0, 0.1) is 13.8 Å². The van der Waals surface area contributed by atoms with Gasteiger partial charge >= 0.3 is 0 Å². The Morgan fingerprint density at radius 3 is 2.93 bits per heavy atom. The lowest BCUT2D eigenvalue weighted by atomic mass is 10.1. The Morgan fingerprint density at radius 1 is 1.36 bits per heavy atom. The number of hydrogen-bond donors (Lipinski definition) is 2. The maximum atomic E-state index is 13.0. The van der Waals surface area contributed by atoms with Crippen LogP contribution in [-0.2, 0) is 17.8 Å². The van der Waals surface area contributed by atoms with Crippen LogP contribution in [0.5, 0.6) is 0 Å². The molecule has 1 fully saturated rings. The molecule has 0 radical (unpaired) electrons. The summed E-state index contributed by atoms with van der Waals surface area (Å²) in [6.07, 6.45) is 1.98. The van der Waals surface area contributed by atoms with Crippen molar-refractivity contribution in [3.63, 3.8) is 0 Å². The maximum absolute atomic E-state index is 13.0. The van der Waals surface area contributed by atoms with Gasteiger partial charge in [-0.3, -0.25) is 9.59 Å². The van der Waals surface area contributed by atoms with Crippen LogP contribution in [0.4, 0.5) is 0 Å². The summed E-state index contributed by atoms with van der Waals surface area (Å²) in [7, 11) is 0. The van der Waals surface area contributed by atoms with Gasteiger partial charge in [-0.15, -0.1) is 0 Å². The summed E-state index contributed by atoms with van der Waals surface area (Å²) in [5, 5.41) is 2.82. The van der Waals surface area contributed by atoms with E-state index in [1.807, 2.05) is 37.3 Å². The van der Waals surface area contributed by atoms with Crippen LogP contribution in [0.1, 0.15) is 40.3 Å². The van der Waals surface area contributed by atoms with Gasteiger partial charge in [0.05, 0.1) is 30.2 Å². The van der Waals surface area contributed by atoms with Crippen LogP contribution in [0.3, 0.4) is 0 Å². The van der Waals surface area contributed by atoms with Gasteiger partial charge in [-0.2, -0.15) is 0 Å². The minimum Gasteiger partial charge on any atom is -0.376 e. The van der Waals surface area contributed by atoms with Gasteiger partial charge in [-0.1, -0.05) is 12.1 Å². The lowest BCUT2D eigenvalue weighted by molar-refractivity contribution is 0.0925. The molecule has 1 atom stereocenters. The molecule has 3 aromatic rings. The van der Waals surface area contributed by atoms with Crippen LogP contribution in [0.2, 0.25) is 0 Å². The third-order valence-corrected chi connectivity index (χ3v) is 5.20. The molecule has 2 aromatic heterocycles. The van der Waals surface area contributed by atoms with E-state index < -0.39 is 0 Å². The Morgan fingerprint density at radius 2 is 2.18 bits per heavy atom. The smallest absolute Gasteiger partial charge is 0.263 e. The van der Waals surface area contributed by atoms with Crippen LogP contribution in [0.25, 0.3) is 11.0 Å². The standard InChI is InChI=1S/C21H24N4O3/c1-13-10-14(2)25(12-15-6-5-9-28-15)21(27)19(13)20(26)22-11-18-23-16-7-3-4-8-17(16)24-18/h3-4,7-8,10,15H,5-6,9,11-12H2,1-2H3,(H,22,26)(H,23,24). The van der Waals surface area contributed by atoms with Crippen LogP contribution in [0.15, 0.2) is 35.1 Å². The highest BCUT2D eigenvalue weighted by Crippen LogP contribution is 2.15. The summed E-state index contributed by atoms with van der Waals surface area (Å²) in [6.45, 7) is 5.12. The first-order valence-corrected chi connectivity index (χ1v) is 9.57. The van der Waals surface area contributed by atoms with Crippen molar-refractivity contribution in [2.75, 3.05) is 6.61 Å². The predicted molar refractivity (Wildman–Crippen MR) is 106 cm³/mol. The van der Waals surface area contributed by atoms with Gasteiger partial charge in [-0.25, -0.2) is 4.98 Å². The second-order valence-corrected chi connectivity index (χ2v) is 7.28. The first kappa shape index (κ1) is 18.4. The zero-order valence-corrected chi connectivity index (χ0v) is 16.1. The van der Waals surface area contributed by atoms with Crippen LogP contribution in [-0.4, -0.2) is 33.2 Å². The van der Waals surface area contributed by atoms with Gasteiger partial charge in [0.2, 0.25) is 0 Å². The van der Waals surface area contributed by atoms with E-state index in [9.17, 15) is 9.59 Å². The van der Waals surface area contributed by atoms with Crippen molar-refractivity contribution in [1.29, 1.82) is 0 Å². The van der Waals surface area contributed by atoms with Crippen LogP contribution >= 0.6 is 0 Å². The first-order chi connectivity index (χ1) is 13.5. The number of nitrogens with zero attached hydrogens (tertiary/aromatic N) is 2. The number of imidazole rings is 1. The fourth-order valence-electron chi connectivity index (χ4n) is 3.76. The molecule has 1 saturated heterocycles. The van der Waals surface area contributed by atoms with E-state index in [1.165, 1.54) is 0 Å². The Kier molecular flexibility index (Phi) is 5.00. The fraction of sp³-hybridized carbons (Fsp3) is 0.381. The summed E-state index contributed by atoms with van der Waals surface area (Å²) >= 11 is 0. The number of aromatic nitrogens is 3. The molecule has 2 N–H and O–H groups in total. The van der Waals surface area contributed by atoms with Gasteiger partial charge in [0.25, 0.3) is 11.5 Å². The molecule has 0 saturated carbocycles. The highest BCUT2D eigenvalue weighted by molar-refractivity contribution is 5.95. The molecule has 7 heteroatoms. The number of ether oxygens (including phenoxy) is 1. The summed E-state index contributed by atoms with van der Waals surface area (Å²) in [5.41, 5.74) is 3.18. The molecule has 7 nitrogen and oxygen atoms in total. The molecule has 4 rings (SSSR count). The number of rotatable bonds is 5. The minimum absolute atomic E-state index is 0.0329. The number of carbonyl (C=O) groups excluding carboxylic acids is 1. The molecule has 1 aromatic carbocycles. The fourth-order valence-corrected chi connectivity index (χ4v) is 3.76.